The SMILES string of the molecule is CC(O)(CNc1cc(F)ccc1Br)C(=O)O. The Morgan fingerprint density at radius 1 is 1.62 bits per heavy atom. The van der Waals surface area contributed by atoms with Crippen LogP contribution in [0.15, 0.2) is 22.7 Å². The van der Waals surface area contributed by atoms with E-state index < -0.39 is 17.4 Å². The summed E-state index contributed by atoms with van der Waals surface area (Å²) in [6.07, 6.45) is 0. The average molecular weight is 292 g/mol. The van der Waals surface area contributed by atoms with Crippen LogP contribution in [0.3, 0.4) is 0 Å². The van der Waals surface area contributed by atoms with Crippen molar-refractivity contribution >= 4 is 27.6 Å². The molecule has 0 heterocycles. The molecule has 1 rings (SSSR count). The van der Waals surface area contributed by atoms with Crippen molar-refractivity contribution in [3.63, 3.8) is 0 Å². The fourth-order valence-electron chi connectivity index (χ4n) is 0.976. The number of hydrogen-bond donors (Lipinski definition) is 3. The molecule has 0 radical (unpaired) electrons. The maximum Gasteiger partial charge on any atom is 0.337 e. The first-order valence-corrected chi connectivity index (χ1v) is 5.27. The largest absolute Gasteiger partial charge is 0.479 e. The molecule has 88 valence electrons. The van der Waals surface area contributed by atoms with Gasteiger partial charge in [0.05, 0.1) is 12.2 Å². The van der Waals surface area contributed by atoms with Crippen molar-refractivity contribution in [2.75, 3.05) is 11.9 Å². The Labute approximate surface area is 100 Å². The maximum absolute atomic E-state index is 12.9. The maximum atomic E-state index is 12.9. The van der Waals surface area contributed by atoms with Crippen LogP contribution in [0.5, 0.6) is 0 Å². The Bertz CT molecular complexity index is 409. The molecule has 16 heavy (non-hydrogen) atoms. The van der Waals surface area contributed by atoms with Crippen molar-refractivity contribution in [1.82, 2.24) is 0 Å². The number of nitrogens with one attached hydrogen (secondary N) is 1. The van der Waals surface area contributed by atoms with Crippen molar-refractivity contribution < 1.29 is 19.4 Å². The van der Waals surface area contributed by atoms with Gasteiger partial charge in [-0.25, -0.2) is 9.18 Å². The molecule has 6 heteroatoms. The van der Waals surface area contributed by atoms with Crippen molar-refractivity contribution in [2.24, 2.45) is 0 Å². The Morgan fingerprint density at radius 3 is 2.81 bits per heavy atom. The first-order chi connectivity index (χ1) is 7.33. The molecule has 0 aromatic heterocycles. The molecule has 1 atom stereocenters. The van der Waals surface area contributed by atoms with Crippen LogP contribution >= 0.6 is 15.9 Å². The van der Waals surface area contributed by atoms with Gasteiger partial charge in [0.15, 0.2) is 5.60 Å². The zero-order valence-electron chi connectivity index (χ0n) is 8.50. The molecule has 4 nitrogen and oxygen atoms in total. The van der Waals surface area contributed by atoms with Gasteiger partial charge in [0.2, 0.25) is 0 Å². The number of carboxylic acids is 1. The van der Waals surface area contributed by atoms with Gasteiger partial charge in [0.1, 0.15) is 5.82 Å². The zero-order chi connectivity index (χ0) is 12.3. The number of hydrogen-bond acceptors (Lipinski definition) is 3. The highest BCUT2D eigenvalue weighted by molar-refractivity contribution is 9.10. The van der Waals surface area contributed by atoms with E-state index in [1.165, 1.54) is 18.2 Å². The number of halogens is 2. The summed E-state index contributed by atoms with van der Waals surface area (Å²) in [5.74, 6) is -1.78. The predicted octanol–water partition coefficient (Wildman–Crippen LogP) is 1.84. The molecular weight excluding hydrogens is 281 g/mol. The van der Waals surface area contributed by atoms with Crippen LogP contribution in [0.1, 0.15) is 6.92 Å². The van der Waals surface area contributed by atoms with E-state index in [4.69, 9.17) is 5.11 Å². The number of carbonyl (C=O) groups is 1. The van der Waals surface area contributed by atoms with Crippen molar-refractivity contribution in [3.05, 3.63) is 28.5 Å². The summed E-state index contributed by atoms with van der Waals surface area (Å²) >= 11 is 3.18. The summed E-state index contributed by atoms with van der Waals surface area (Å²) in [5.41, 5.74) is -1.51. The van der Waals surface area contributed by atoms with Crippen molar-refractivity contribution in [1.29, 1.82) is 0 Å². The van der Waals surface area contributed by atoms with Crippen LogP contribution < -0.4 is 5.32 Å². The third-order valence-electron chi connectivity index (χ3n) is 2.01. The third-order valence-corrected chi connectivity index (χ3v) is 2.70. The zero-order valence-corrected chi connectivity index (χ0v) is 10.1. The molecule has 0 aliphatic heterocycles. The summed E-state index contributed by atoms with van der Waals surface area (Å²) in [6, 6.07) is 3.97. The molecule has 1 aromatic carbocycles. The highest BCUT2D eigenvalue weighted by atomic mass is 79.9. The van der Waals surface area contributed by atoms with Gasteiger partial charge in [-0.05, 0) is 41.1 Å². The second-order valence-corrected chi connectivity index (χ2v) is 4.41. The lowest BCUT2D eigenvalue weighted by Gasteiger charge is -2.19. The van der Waals surface area contributed by atoms with Crippen molar-refractivity contribution in [3.8, 4) is 0 Å². The van der Waals surface area contributed by atoms with E-state index in [9.17, 15) is 14.3 Å². The minimum absolute atomic E-state index is 0.218. The molecule has 1 unspecified atom stereocenters. The molecule has 0 aliphatic carbocycles. The highest BCUT2D eigenvalue weighted by Crippen LogP contribution is 2.23. The smallest absolute Gasteiger partial charge is 0.337 e. The van der Waals surface area contributed by atoms with Gasteiger partial charge >= 0.3 is 5.97 Å². The topological polar surface area (TPSA) is 69.6 Å². The van der Waals surface area contributed by atoms with Crippen LogP contribution in [0.4, 0.5) is 10.1 Å². The third kappa shape index (κ3) is 3.18. The summed E-state index contributed by atoms with van der Waals surface area (Å²) in [4.78, 5) is 10.6. The monoisotopic (exact) mass is 291 g/mol. The molecule has 3 N–H and O–H groups in total. The highest BCUT2D eigenvalue weighted by Gasteiger charge is 2.29. The molecule has 0 amide bonds. The fourth-order valence-corrected chi connectivity index (χ4v) is 1.36. The molecule has 0 spiro atoms. The van der Waals surface area contributed by atoms with E-state index in [0.717, 1.165) is 6.92 Å². The van der Waals surface area contributed by atoms with Crippen LogP contribution in [-0.4, -0.2) is 28.3 Å². The molecule has 1 aromatic rings. The first kappa shape index (κ1) is 12.9. The van der Waals surface area contributed by atoms with Crippen LogP contribution in [-0.2, 0) is 4.79 Å². The lowest BCUT2D eigenvalue weighted by Crippen LogP contribution is -2.41. The van der Waals surface area contributed by atoms with Gasteiger partial charge in [-0.15, -0.1) is 0 Å². The summed E-state index contributed by atoms with van der Waals surface area (Å²) in [5, 5.41) is 20.8. The second kappa shape index (κ2) is 4.80. The predicted molar refractivity (Wildman–Crippen MR) is 60.8 cm³/mol. The van der Waals surface area contributed by atoms with Gasteiger partial charge in [-0.1, -0.05) is 0 Å². The van der Waals surface area contributed by atoms with Crippen LogP contribution in [0.2, 0.25) is 0 Å². The molecular formula is C10H11BrFNO3. The van der Waals surface area contributed by atoms with E-state index in [0.29, 0.717) is 10.2 Å². The average Bonchev–Trinajstić information content (AvgIpc) is 2.19. The number of aliphatic hydroxyl groups is 1. The normalized spacial score (nSPS) is 14.2. The Kier molecular flexibility index (Phi) is 3.88. The Hall–Kier alpha value is -1.14. The van der Waals surface area contributed by atoms with E-state index in [1.54, 1.807) is 0 Å². The van der Waals surface area contributed by atoms with E-state index in [-0.39, 0.29) is 6.54 Å². The Morgan fingerprint density at radius 2 is 2.25 bits per heavy atom. The molecule has 0 fully saturated rings. The second-order valence-electron chi connectivity index (χ2n) is 3.56. The number of aliphatic carboxylic acids is 1. The van der Waals surface area contributed by atoms with E-state index in [2.05, 4.69) is 21.2 Å². The molecule has 0 saturated heterocycles. The van der Waals surface area contributed by atoms with Crippen molar-refractivity contribution in [2.45, 2.75) is 12.5 Å². The molecule has 0 bridgehead atoms. The quantitative estimate of drug-likeness (QED) is 0.792. The lowest BCUT2D eigenvalue weighted by molar-refractivity contribution is -0.155. The minimum Gasteiger partial charge on any atom is -0.479 e. The van der Waals surface area contributed by atoms with Gasteiger partial charge < -0.3 is 15.5 Å². The van der Waals surface area contributed by atoms with Gasteiger partial charge in [-0.3, -0.25) is 0 Å². The molecule has 0 saturated carbocycles. The fraction of sp³-hybridized carbons (Fsp3) is 0.300. The number of anilines is 1. The number of carboxylic acid groups (broad SMARTS) is 1. The Balaban J connectivity index is 2.75. The van der Waals surface area contributed by atoms with Gasteiger partial charge in [0, 0.05) is 4.47 Å². The van der Waals surface area contributed by atoms with Gasteiger partial charge in [0.25, 0.3) is 0 Å². The summed E-state index contributed by atoms with van der Waals surface area (Å²) < 4.78 is 13.5. The summed E-state index contributed by atoms with van der Waals surface area (Å²) in [6.45, 7) is 0.944. The van der Waals surface area contributed by atoms with E-state index >= 15 is 0 Å². The van der Waals surface area contributed by atoms with Crippen LogP contribution in [0, 0.1) is 5.82 Å². The van der Waals surface area contributed by atoms with Gasteiger partial charge in [-0.2, -0.15) is 0 Å². The van der Waals surface area contributed by atoms with Crippen LogP contribution in [0.25, 0.3) is 0 Å². The molecule has 0 aliphatic rings. The first-order valence-electron chi connectivity index (χ1n) is 4.47. The number of benzene rings is 1. The number of rotatable bonds is 4. The van der Waals surface area contributed by atoms with E-state index in [1.807, 2.05) is 0 Å². The lowest BCUT2D eigenvalue weighted by atomic mass is 10.1. The summed E-state index contributed by atoms with van der Waals surface area (Å²) in [7, 11) is 0. The minimum atomic E-state index is -1.90. The standard InChI is InChI=1S/C10H11BrFNO3/c1-10(16,9(14)15)5-13-8-4-6(12)2-3-7(8)11/h2-4,13,16H,5H2,1H3,(H,14,15).